The Morgan fingerprint density at radius 1 is 0.900 bits per heavy atom. The van der Waals surface area contributed by atoms with Crippen LogP contribution in [-0.2, 0) is 11.2 Å². The summed E-state index contributed by atoms with van der Waals surface area (Å²) in [5.41, 5.74) is 4.23. The van der Waals surface area contributed by atoms with Crippen LogP contribution in [0, 0.1) is 11.7 Å². The number of para-hydroxylation sites is 1. The molecule has 0 aliphatic carbocycles. The van der Waals surface area contributed by atoms with Crippen molar-refractivity contribution in [3.05, 3.63) is 89.7 Å². The van der Waals surface area contributed by atoms with Crippen molar-refractivity contribution < 1.29 is 13.9 Å². The van der Waals surface area contributed by atoms with Crippen molar-refractivity contribution in [1.82, 2.24) is 0 Å². The first-order valence-corrected chi connectivity index (χ1v) is 10.8. The topological polar surface area (TPSA) is 18.5 Å². The van der Waals surface area contributed by atoms with E-state index in [1.165, 1.54) is 12.1 Å². The van der Waals surface area contributed by atoms with Gasteiger partial charge < -0.3 is 9.47 Å². The molecule has 2 nitrogen and oxygen atoms in total. The molecular weight excluding hydrogens is 375 g/mol. The third-order valence-electron chi connectivity index (χ3n) is 6.58. The maximum Gasteiger partial charge on any atom is 0.133 e. The molecule has 0 saturated carbocycles. The number of ether oxygens (including phenoxy) is 2. The molecule has 3 aromatic carbocycles. The van der Waals surface area contributed by atoms with E-state index >= 15 is 0 Å². The molecule has 0 spiro atoms. The van der Waals surface area contributed by atoms with Crippen LogP contribution in [-0.4, -0.2) is 11.7 Å². The molecule has 3 aromatic rings. The zero-order chi connectivity index (χ0) is 20.7. The van der Waals surface area contributed by atoms with Gasteiger partial charge in [0.2, 0.25) is 0 Å². The Labute approximate surface area is 177 Å². The summed E-state index contributed by atoms with van der Waals surface area (Å²) in [4.78, 5) is 0. The van der Waals surface area contributed by atoms with Crippen LogP contribution >= 0.6 is 0 Å². The van der Waals surface area contributed by atoms with E-state index in [0.29, 0.717) is 5.92 Å². The number of hydrogen-bond donors (Lipinski definition) is 0. The Balaban J connectivity index is 1.48. The predicted octanol–water partition coefficient (Wildman–Crippen LogP) is 6.74. The molecule has 0 radical (unpaired) electrons. The van der Waals surface area contributed by atoms with Crippen LogP contribution < -0.4 is 4.74 Å². The number of halogens is 1. The molecule has 0 aromatic heterocycles. The fourth-order valence-electron chi connectivity index (χ4n) is 5.00. The minimum absolute atomic E-state index is 0.00612. The molecule has 2 heterocycles. The number of hydrogen-bond acceptors (Lipinski definition) is 2. The van der Waals surface area contributed by atoms with Crippen LogP contribution in [0.4, 0.5) is 4.39 Å². The van der Waals surface area contributed by atoms with Gasteiger partial charge in [0.1, 0.15) is 17.2 Å². The van der Waals surface area contributed by atoms with Gasteiger partial charge in [-0.3, -0.25) is 0 Å². The van der Waals surface area contributed by atoms with Crippen LogP contribution in [0.5, 0.6) is 5.75 Å². The third-order valence-corrected chi connectivity index (χ3v) is 6.58. The van der Waals surface area contributed by atoms with Gasteiger partial charge >= 0.3 is 0 Å². The van der Waals surface area contributed by atoms with Crippen LogP contribution in [0.1, 0.15) is 43.9 Å². The Bertz CT molecular complexity index is 1030. The van der Waals surface area contributed by atoms with E-state index in [1.54, 1.807) is 0 Å². The second-order valence-corrected chi connectivity index (χ2v) is 8.99. The van der Waals surface area contributed by atoms with Crippen LogP contribution in [0.3, 0.4) is 0 Å². The fourth-order valence-corrected chi connectivity index (χ4v) is 5.00. The minimum Gasteiger partial charge on any atom is -0.486 e. The van der Waals surface area contributed by atoms with Gasteiger partial charge in [0.25, 0.3) is 0 Å². The fraction of sp³-hybridized carbons (Fsp3) is 0.333. The van der Waals surface area contributed by atoms with E-state index in [2.05, 4.69) is 56.3 Å². The molecule has 3 atom stereocenters. The molecule has 1 saturated heterocycles. The number of benzene rings is 3. The van der Waals surface area contributed by atoms with Crippen molar-refractivity contribution in [3.8, 4) is 16.9 Å². The Kier molecular flexibility index (Phi) is 4.86. The lowest BCUT2D eigenvalue weighted by molar-refractivity contribution is -0.148. The maximum absolute atomic E-state index is 13.3. The monoisotopic (exact) mass is 402 g/mol. The Morgan fingerprint density at radius 2 is 1.67 bits per heavy atom. The molecule has 3 heteroatoms. The van der Waals surface area contributed by atoms with Crippen LogP contribution in [0.15, 0.2) is 72.8 Å². The lowest BCUT2D eigenvalue weighted by atomic mass is 9.74. The van der Waals surface area contributed by atoms with Gasteiger partial charge in [-0.05, 0) is 56.4 Å². The molecule has 5 rings (SSSR count). The molecule has 2 aliphatic rings. The smallest absolute Gasteiger partial charge is 0.133 e. The van der Waals surface area contributed by atoms with Gasteiger partial charge in [-0.25, -0.2) is 4.39 Å². The summed E-state index contributed by atoms with van der Waals surface area (Å²) in [6.45, 7) is 4.36. The summed E-state index contributed by atoms with van der Waals surface area (Å²) in [7, 11) is 0. The first-order chi connectivity index (χ1) is 14.5. The maximum atomic E-state index is 13.3. The summed E-state index contributed by atoms with van der Waals surface area (Å²) >= 11 is 0. The minimum atomic E-state index is -0.302. The van der Waals surface area contributed by atoms with Gasteiger partial charge in [-0.1, -0.05) is 60.7 Å². The molecule has 30 heavy (non-hydrogen) atoms. The van der Waals surface area contributed by atoms with Crippen molar-refractivity contribution in [2.24, 2.45) is 5.92 Å². The highest BCUT2D eigenvalue weighted by Gasteiger charge is 2.48. The zero-order valence-corrected chi connectivity index (χ0v) is 17.5. The van der Waals surface area contributed by atoms with E-state index < -0.39 is 0 Å². The summed E-state index contributed by atoms with van der Waals surface area (Å²) in [5.74, 6) is 1.05. The molecule has 2 aliphatic heterocycles. The zero-order valence-electron chi connectivity index (χ0n) is 17.5. The molecule has 0 amide bonds. The predicted molar refractivity (Wildman–Crippen MR) is 117 cm³/mol. The standard InChI is InChI=1S/C27H27FO2/c1-27(2)24-16-15-21(17-18-11-13-20(28)14-12-18)29-26(24)23-10-6-9-22(25(23)30-27)19-7-4-3-5-8-19/h3-14,21,24,26H,15-17H2,1-2H3/t21-,24+,26-/m1/s1. The molecule has 1 fully saturated rings. The summed E-state index contributed by atoms with van der Waals surface area (Å²) in [6, 6.07) is 23.5. The van der Waals surface area contributed by atoms with Gasteiger partial charge in [0.15, 0.2) is 0 Å². The SMILES string of the molecule is CC1(C)Oc2c(-c3ccccc3)cccc2[C@H]2O[C@@H](Cc3ccc(F)cc3)CC[C@@H]21. The lowest BCUT2D eigenvalue weighted by Gasteiger charge is -2.49. The average molecular weight is 403 g/mol. The first kappa shape index (κ1) is 19.3. The van der Waals surface area contributed by atoms with E-state index in [0.717, 1.165) is 47.3 Å². The molecule has 154 valence electrons. The molecule has 0 unspecified atom stereocenters. The highest BCUT2D eigenvalue weighted by molar-refractivity contribution is 5.73. The molecule has 0 N–H and O–H groups in total. The average Bonchev–Trinajstić information content (AvgIpc) is 2.75. The van der Waals surface area contributed by atoms with E-state index in [9.17, 15) is 4.39 Å². The van der Waals surface area contributed by atoms with Gasteiger partial charge in [0, 0.05) is 17.0 Å². The number of rotatable bonds is 3. The summed E-state index contributed by atoms with van der Waals surface area (Å²) in [6.07, 6.45) is 2.97. The first-order valence-electron chi connectivity index (χ1n) is 10.8. The van der Waals surface area contributed by atoms with Crippen molar-refractivity contribution >= 4 is 0 Å². The molecular formula is C27H27FO2. The largest absolute Gasteiger partial charge is 0.486 e. The van der Waals surface area contributed by atoms with Crippen LogP contribution in [0.25, 0.3) is 11.1 Å². The van der Waals surface area contributed by atoms with E-state index in [1.807, 2.05) is 18.2 Å². The van der Waals surface area contributed by atoms with E-state index in [4.69, 9.17) is 9.47 Å². The Morgan fingerprint density at radius 3 is 2.43 bits per heavy atom. The second-order valence-electron chi connectivity index (χ2n) is 8.99. The second kappa shape index (κ2) is 7.55. The van der Waals surface area contributed by atoms with Gasteiger partial charge in [0.05, 0.1) is 12.2 Å². The van der Waals surface area contributed by atoms with Gasteiger partial charge in [-0.15, -0.1) is 0 Å². The van der Waals surface area contributed by atoms with E-state index in [-0.39, 0.29) is 23.6 Å². The number of fused-ring (bicyclic) bond motifs is 3. The van der Waals surface area contributed by atoms with Crippen molar-refractivity contribution in [1.29, 1.82) is 0 Å². The normalized spacial score (nSPS) is 24.4. The van der Waals surface area contributed by atoms with Crippen molar-refractivity contribution in [3.63, 3.8) is 0 Å². The van der Waals surface area contributed by atoms with Crippen LogP contribution in [0.2, 0.25) is 0 Å². The van der Waals surface area contributed by atoms with Gasteiger partial charge in [-0.2, -0.15) is 0 Å². The highest BCUT2D eigenvalue weighted by Crippen LogP contribution is 2.53. The van der Waals surface area contributed by atoms with Crippen molar-refractivity contribution in [2.45, 2.75) is 50.9 Å². The third kappa shape index (κ3) is 3.52. The quantitative estimate of drug-likeness (QED) is 0.483. The highest BCUT2D eigenvalue weighted by atomic mass is 19.1. The Hall–Kier alpha value is -2.65. The lowest BCUT2D eigenvalue weighted by Crippen LogP contribution is -2.48. The molecule has 0 bridgehead atoms. The summed E-state index contributed by atoms with van der Waals surface area (Å²) < 4.78 is 26.6. The van der Waals surface area contributed by atoms with Crippen molar-refractivity contribution in [2.75, 3.05) is 0 Å². The summed E-state index contributed by atoms with van der Waals surface area (Å²) in [5, 5.41) is 0.